The summed E-state index contributed by atoms with van der Waals surface area (Å²) < 4.78 is 27.4. The predicted molar refractivity (Wildman–Crippen MR) is 106 cm³/mol. The van der Waals surface area contributed by atoms with Gasteiger partial charge in [0.15, 0.2) is 12.2 Å². The summed E-state index contributed by atoms with van der Waals surface area (Å²) in [5.74, 6) is -2.21. The third-order valence-corrected chi connectivity index (χ3v) is 4.34. The zero-order valence-electron chi connectivity index (χ0n) is 18.1. The van der Waals surface area contributed by atoms with E-state index in [0.717, 1.165) is 13.8 Å². The molecule has 1 amide bonds. The first-order valence-corrected chi connectivity index (χ1v) is 9.73. The van der Waals surface area contributed by atoms with E-state index in [9.17, 15) is 24.0 Å². The molecule has 174 valence electrons. The van der Waals surface area contributed by atoms with Crippen LogP contribution in [0.15, 0.2) is 24.3 Å². The Hall–Kier alpha value is -3.47. The van der Waals surface area contributed by atoms with Crippen molar-refractivity contribution in [2.24, 2.45) is 0 Å². The van der Waals surface area contributed by atoms with Crippen molar-refractivity contribution in [3.05, 3.63) is 29.8 Å². The first-order chi connectivity index (χ1) is 15.1. The van der Waals surface area contributed by atoms with Gasteiger partial charge in [-0.3, -0.25) is 24.0 Å². The number of hydrogen-bond acceptors (Lipinski definition) is 10. The van der Waals surface area contributed by atoms with E-state index < -0.39 is 54.5 Å². The van der Waals surface area contributed by atoms with Crippen LogP contribution in [0, 0.1) is 0 Å². The number of ether oxygens (including phenoxy) is 5. The van der Waals surface area contributed by atoms with Crippen molar-refractivity contribution in [1.29, 1.82) is 0 Å². The molecule has 0 saturated carbocycles. The van der Waals surface area contributed by atoms with Crippen molar-refractivity contribution < 1.29 is 47.7 Å². The van der Waals surface area contributed by atoms with Gasteiger partial charge in [-0.1, -0.05) is 0 Å². The molecule has 32 heavy (non-hydrogen) atoms. The smallest absolute Gasteiger partial charge is 0.303 e. The highest BCUT2D eigenvalue weighted by atomic mass is 16.7. The Labute approximate surface area is 184 Å². The lowest BCUT2D eigenvalue weighted by molar-refractivity contribution is -0.257. The molecule has 1 aliphatic rings. The van der Waals surface area contributed by atoms with Crippen LogP contribution < -0.4 is 10.1 Å². The van der Waals surface area contributed by atoms with Gasteiger partial charge in [0.2, 0.25) is 12.2 Å². The molecule has 0 bridgehead atoms. The van der Waals surface area contributed by atoms with Crippen molar-refractivity contribution in [2.75, 3.05) is 6.61 Å². The van der Waals surface area contributed by atoms with Crippen LogP contribution in [0.5, 0.6) is 5.75 Å². The zero-order chi connectivity index (χ0) is 23.8. The molecule has 11 nitrogen and oxygen atoms in total. The molecular weight excluding hydrogens is 426 g/mol. The highest BCUT2D eigenvalue weighted by Gasteiger charge is 2.51. The Balaban J connectivity index is 2.43. The number of aldehydes is 1. The molecule has 1 fully saturated rings. The van der Waals surface area contributed by atoms with Gasteiger partial charge in [-0.15, -0.1) is 0 Å². The minimum atomic E-state index is -1.22. The summed E-state index contributed by atoms with van der Waals surface area (Å²) >= 11 is 0. The van der Waals surface area contributed by atoms with E-state index in [1.165, 1.54) is 38.1 Å². The predicted octanol–water partition coefficient (Wildman–Crippen LogP) is 0.534. The normalized spacial score (nSPS) is 24.6. The Bertz CT molecular complexity index is 853. The van der Waals surface area contributed by atoms with E-state index in [1.54, 1.807) is 0 Å². The quantitative estimate of drug-likeness (QED) is 0.338. The Kier molecular flexibility index (Phi) is 8.71. The Morgan fingerprint density at radius 2 is 1.53 bits per heavy atom. The maximum Gasteiger partial charge on any atom is 0.303 e. The summed E-state index contributed by atoms with van der Waals surface area (Å²) in [5, 5.41) is 2.60. The summed E-state index contributed by atoms with van der Waals surface area (Å²) in [6.07, 6.45) is -4.05. The fraction of sp³-hybridized carbons (Fsp3) is 0.476. The molecule has 1 saturated heterocycles. The van der Waals surface area contributed by atoms with Crippen molar-refractivity contribution in [2.45, 2.75) is 58.3 Å². The van der Waals surface area contributed by atoms with Gasteiger partial charge in [-0.25, -0.2) is 0 Å². The molecule has 11 heteroatoms. The first kappa shape index (κ1) is 24.8. The van der Waals surface area contributed by atoms with Gasteiger partial charge in [0.1, 0.15) is 30.8 Å². The van der Waals surface area contributed by atoms with Crippen LogP contribution in [0.3, 0.4) is 0 Å². The summed E-state index contributed by atoms with van der Waals surface area (Å²) in [4.78, 5) is 57.6. The van der Waals surface area contributed by atoms with Crippen molar-refractivity contribution in [3.8, 4) is 5.75 Å². The number of benzene rings is 1. The molecule has 5 atom stereocenters. The van der Waals surface area contributed by atoms with Crippen LogP contribution in [0.25, 0.3) is 0 Å². The average Bonchev–Trinajstić information content (AvgIpc) is 2.70. The monoisotopic (exact) mass is 451 g/mol. The first-order valence-electron chi connectivity index (χ1n) is 9.73. The summed E-state index contributed by atoms with van der Waals surface area (Å²) in [6.45, 7) is 4.41. The molecule has 1 heterocycles. The minimum absolute atomic E-state index is 0.287. The number of rotatable bonds is 8. The summed E-state index contributed by atoms with van der Waals surface area (Å²) in [6, 6.07) is 4.97. The van der Waals surface area contributed by atoms with Gasteiger partial charge >= 0.3 is 17.9 Å². The van der Waals surface area contributed by atoms with Gasteiger partial charge in [0.25, 0.3) is 0 Å². The maximum atomic E-state index is 11.9. The van der Waals surface area contributed by atoms with Crippen LogP contribution >= 0.6 is 0 Å². The van der Waals surface area contributed by atoms with Crippen molar-refractivity contribution in [1.82, 2.24) is 5.32 Å². The molecule has 1 N–H and O–H groups in total. The highest BCUT2D eigenvalue weighted by Crippen LogP contribution is 2.29. The lowest BCUT2D eigenvalue weighted by atomic mass is 9.96. The fourth-order valence-corrected chi connectivity index (χ4v) is 3.15. The molecule has 0 aliphatic carbocycles. The maximum absolute atomic E-state index is 11.9. The molecule has 0 aromatic heterocycles. The number of amides is 1. The van der Waals surface area contributed by atoms with Gasteiger partial charge < -0.3 is 29.0 Å². The molecule has 1 aromatic rings. The SMILES string of the molecule is CC(=O)N[C@@H]1C(OC(C)=O)[C@H](OC(C)=O)[C@@H](COC(C)=O)O[C@H]1Oc1ccc(C=O)cc1. The molecule has 2 rings (SSSR count). The largest absolute Gasteiger partial charge is 0.463 e. The highest BCUT2D eigenvalue weighted by molar-refractivity contribution is 5.75. The lowest BCUT2D eigenvalue weighted by Crippen LogP contribution is -2.67. The summed E-state index contributed by atoms with van der Waals surface area (Å²) in [5.41, 5.74) is 0.417. The van der Waals surface area contributed by atoms with Gasteiger partial charge in [0, 0.05) is 33.3 Å². The standard InChI is InChI=1S/C21H25NO10/c1-11(24)22-18-20(30-14(4)27)19(29-13(3)26)17(10-28-12(2)25)32-21(18)31-16-7-5-15(9-23)6-8-16/h5-9,17-21H,10H2,1-4H3,(H,22,24)/t17-,18-,19-,20?,21-/m1/s1. The van der Waals surface area contributed by atoms with E-state index >= 15 is 0 Å². The van der Waals surface area contributed by atoms with Crippen molar-refractivity contribution >= 4 is 30.1 Å². The number of carbonyl (C=O) groups is 5. The third kappa shape index (κ3) is 7.05. The number of carbonyl (C=O) groups excluding carboxylic acids is 5. The number of nitrogens with one attached hydrogen (secondary N) is 1. The summed E-state index contributed by atoms with van der Waals surface area (Å²) in [7, 11) is 0. The van der Waals surface area contributed by atoms with E-state index in [1.807, 2.05) is 0 Å². The average molecular weight is 451 g/mol. The lowest BCUT2D eigenvalue weighted by Gasteiger charge is -2.44. The third-order valence-electron chi connectivity index (χ3n) is 4.34. The van der Waals surface area contributed by atoms with Gasteiger partial charge in [-0.05, 0) is 24.3 Å². The second-order valence-electron chi connectivity index (χ2n) is 7.02. The van der Waals surface area contributed by atoms with E-state index in [0.29, 0.717) is 11.8 Å². The molecule has 0 spiro atoms. The fourth-order valence-electron chi connectivity index (χ4n) is 3.15. The molecule has 1 aliphatic heterocycles. The topological polar surface area (TPSA) is 144 Å². The zero-order valence-corrected chi connectivity index (χ0v) is 18.1. The minimum Gasteiger partial charge on any atom is -0.463 e. The van der Waals surface area contributed by atoms with Crippen LogP contribution in [0.2, 0.25) is 0 Å². The second-order valence-corrected chi connectivity index (χ2v) is 7.02. The van der Waals surface area contributed by atoms with Gasteiger partial charge in [0.05, 0.1) is 0 Å². The molecule has 0 radical (unpaired) electrons. The van der Waals surface area contributed by atoms with Crippen molar-refractivity contribution in [3.63, 3.8) is 0 Å². The Morgan fingerprint density at radius 3 is 2.03 bits per heavy atom. The molecular formula is C21H25NO10. The second kappa shape index (κ2) is 11.2. The van der Waals surface area contributed by atoms with Crippen LogP contribution in [-0.2, 0) is 38.1 Å². The van der Waals surface area contributed by atoms with E-state index in [4.69, 9.17) is 23.7 Å². The van der Waals surface area contributed by atoms with Crippen LogP contribution in [0.4, 0.5) is 0 Å². The van der Waals surface area contributed by atoms with E-state index in [2.05, 4.69) is 5.32 Å². The van der Waals surface area contributed by atoms with Crippen LogP contribution in [0.1, 0.15) is 38.1 Å². The van der Waals surface area contributed by atoms with E-state index in [-0.39, 0.29) is 12.4 Å². The van der Waals surface area contributed by atoms with Gasteiger partial charge in [-0.2, -0.15) is 0 Å². The van der Waals surface area contributed by atoms with Crippen LogP contribution in [-0.4, -0.2) is 67.4 Å². The number of esters is 3. The molecule has 1 unspecified atom stereocenters. The number of hydrogen-bond donors (Lipinski definition) is 1. The Morgan fingerprint density at radius 1 is 0.938 bits per heavy atom. The molecule has 1 aromatic carbocycles.